The highest BCUT2D eigenvalue weighted by atomic mass is 16.6. The van der Waals surface area contributed by atoms with Gasteiger partial charge in [-0.15, -0.1) is 0 Å². The standard InChI is InChI=1S/C15H22N2O3/c1-10(2)20-15-8-13(7-14(9-15)17(18)19)16-11(3)6-12-4-5-12/h7-12,16H,4-6H2,1-3H3. The molecule has 1 saturated carbocycles. The van der Waals surface area contributed by atoms with Crippen molar-refractivity contribution in [2.45, 2.75) is 52.2 Å². The van der Waals surface area contributed by atoms with Crippen LogP contribution < -0.4 is 10.1 Å². The van der Waals surface area contributed by atoms with Gasteiger partial charge >= 0.3 is 0 Å². The summed E-state index contributed by atoms with van der Waals surface area (Å²) in [4.78, 5) is 10.6. The first kappa shape index (κ1) is 14.6. The Bertz CT molecular complexity index is 484. The number of anilines is 1. The van der Waals surface area contributed by atoms with E-state index in [2.05, 4.69) is 12.2 Å². The molecule has 0 radical (unpaired) electrons. The van der Waals surface area contributed by atoms with Crippen molar-refractivity contribution in [3.63, 3.8) is 0 Å². The number of hydrogen-bond donors (Lipinski definition) is 1. The highest BCUT2D eigenvalue weighted by molar-refractivity contribution is 5.56. The largest absolute Gasteiger partial charge is 0.491 e. The van der Waals surface area contributed by atoms with E-state index in [0.29, 0.717) is 11.8 Å². The summed E-state index contributed by atoms with van der Waals surface area (Å²) in [6.07, 6.45) is 3.72. The minimum atomic E-state index is -0.385. The van der Waals surface area contributed by atoms with Gasteiger partial charge < -0.3 is 10.1 Å². The molecular weight excluding hydrogens is 256 g/mol. The van der Waals surface area contributed by atoms with Crippen molar-refractivity contribution in [2.75, 3.05) is 5.32 Å². The lowest BCUT2D eigenvalue weighted by Gasteiger charge is -2.16. The molecule has 1 N–H and O–H groups in total. The molecule has 0 saturated heterocycles. The van der Waals surface area contributed by atoms with Crippen LogP contribution in [0.5, 0.6) is 5.75 Å². The maximum atomic E-state index is 11.0. The third-order valence-electron chi connectivity index (χ3n) is 3.27. The summed E-state index contributed by atoms with van der Waals surface area (Å²) < 4.78 is 5.58. The summed E-state index contributed by atoms with van der Waals surface area (Å²) in [6.45, 7) is 5.92. The first-order chi connectivity index (χ1) is 9.44. The van der Waals surface area contributed by atoms with E-state index < -0.39 is 0 Å². The normalized spacial score (nSPS) is 16.0. The Hall–Kier alpha value is -1.78. The van der Waals surface area contributed by atoms with Crippen LogP contribution in [0.4, 0.5) is 11.4 Å². The van der Waals surface area contributed by atoms with Gasteiger partial charge in [-0.25, -0.2) is 0 Å². The smallest absolute Gasteiger partial charge is 0.275 e. The van der Waals surface area contributed by atoms with Gasteiger partial charge in [0.05, 0.1) is 17.1 Å². The maximum absolute atomic E-state index is 11.0. The van der Waals surface area contributed by atoms with Gasteiger partial charge in [0.15, 0.2) is 0 Å². The Morgan fingerprint density at radius 2 is 2.05 bits per heavy atom. The number of rotatable bonds is 7. The minimum absolute atomic E-state index is 0.00579. The topological polar surface area (TPSA) is 64.4 Å². The molecule has 1 unspecified atom stereocenters. The number of nitro groups is 1. The Morgan fingerprint density at radius 1 is 1.35 bits per heavy atom. The SMILES string of the molecule is CC(CC1CC1)Nc1cc(OC(C)C)cc([N+](=O)[O-])c1. The summed E-state index contributed by atoms with van der Waals surface area (Å²) in [5.41, 5.74) is 0.812. The number of ether oxygens (including phenoxy) is 1. The molecule has 1 aliphatic carbocycles. The molecule has 1 aromatic rings. The summed E-state index contributed by atoms with van der Waals surface area (Å²) in [7, 11) is 0. The second-order valence-electron chi connectivity index (χ2n) is 5.86. The molecule has 0 heterocycles. The zero-order valence-corrected chi connectivity index (χ0v) is 12.3. The molecule has 20 heavy (non-hydrogen) atoms. The predicted molar refractivity (Wildman–Crippen MR) is 79.3 cm³/mol. The monoisotopic (exact) mass is 278 g/mol. The number of nitrogens with one attached hydrogen (secondary N) is 1. The third-order valence-corrected chi connectivity index (χ3v) is 3.27. The van der Waals surface area contributed by atoms with E-state index in [1.165, 1.54) is 18.9 Å². The minimum Gasteiger partial charge on any atom is -0.491 e. The molecule has 1 aliphatic rings. The molecule has 1 aromatic carbocycles. The molecule has 0 amide bonds. The van der Waals surface area contributed by atoms with Gasteiger partial charge in [0.2, 0.25) is 0 Å². The van der Waals surface area contributed by atoms with Gasteiger partial charge in [-0.2, -0.15) is 0 Å². The quantitative estimate of drug-likeness (QED) is 0.605. The highest BCUT2D eigenvalue weighted by Gasteiger charge is 2.23. The molecule has 1 atom stereocenters. The van der Waals surface area contributed by atoms with Crippen LogP contribution in [0.3, 0.4) is 0 Å². The van der Waals surface area contributed by atoms with Crippen molar-refractivity contribution in [3.8, 4) is 5.75 Å². The van der Waals surface area contributed by atoms with Crippen LogP contribution in [0.15, 0.2) is 18.2 Å². The lowest BCUT2D eigenvalue weighted by atomic mass is 10.1. The van der Waals surface area contributed by atoms with E-state index in [-0.39, 0.29) is 16.7 Å². The van der Waals surface area contributed by atoms with E-state index in [4.69, 9.17) is 4.74 Å². The van der Waals surface area contributed by atoms with Crippen LogP contribution in [0.2, 0.25) is 0 Å². The Labute approximate surface area is 119 Å². The molecule has 5 heteroatoms. The first-order valence-electron chi connectivity index (χ1n) is 7.16. The van der Waals surface area contributed by atoms with E-state index in [1.54, 1.807) is 6.07 Å². The average molecular weight is 278 g/mol. The number of non-ortho nitro benzene ring substituents is 1. The van der Waals surface area contributed by atoms with Crippen LogP contribution >= 0.6 is 0 Å². The number of nitro benzene ring substituents is 1. The fourth-order valence-corrected chi connectivity index (χ4v) is 2.31. The van der Waals surface area contributed by atoms with Crippen molar-refractivity contribution in [1.29, 1.82) is 0 Å². The molecule has 5 nitrogen and oxygen atoms in total. The zero-order valence-electron chi connectivity index (χ0n) is 12.3. The number of nitrogens with zero attached hydrogens (tertiary/aromatic N) is 1. The van der Waals surface area contributed by atoms with Crippen molar-refractivity contribution < 1.29 is 9.66 Å². The lowest BCUT2D eigenvalue weighted by Crippen LogP contribution is -2.16. The second-order valence-corrected chi connectivity index (χ2v) is 5.86. The van der Waals surface area contributed by atoms with Crippen LogP contribution in [0, 0.1) is 16.0 Å². The van der Waals surface area contributed by atoms with Crippen molar-refractivity contribution >= 4 is 11.4 Å². The average Bonchev–Trinajstić information content (AvgIpc) is 3.11. The summed E-state index contributed by atoms with van der Waals surface area (Å²) in [5, 5.41) is 14.3. The molecule has 0 aliphatic heterocycles. The lowest BCUT2D eigenvalue weighted by molar-refractivity contribution is -0.384. The number of benzene rings is 1. The van der Waals surface area contributed by atoms with Crippen molar-refractivity contribution in [3.05, 3.63) is 28.3 Å². The van der Waals surface area contributed by atoms with Gasteiger partial charge in [-0.3, -0.25) is 10.1 Å². The first-order valence-corrected chi connectivity index (χ1v) is 7.16. The molecule has 1 fully saturated rings. The Balaban J connectivity index is 2.12. The number of hydrogen-bond acceptors (Lipinski definition) is 4. The van der Waals surface area contributed by atoms with Crippen LogP contribution in [0.1, 0.15) is 40.0 Å². The van der Waals surface area contributed by atoms with Crippen LogP contribution in [-0.4, -0.2) is 17.1 Å². The molecule has 0 spiro atoms. The fourth-order valence-electron chi connectivity index (χ4n) is 2.31. The van der Waals surface area contributed by atoms with Crippen molar-refractivity contribution in [1.82, 2.24) is 0 Å². The predicted octanol–water partition coefficient (Wildman–Crippen LogP) is 3.98. The molecular formula is C15H22N2O3. The van der Waals surface area contributed by atoms with Gasteiger partial charge in [-0.05, 0) is 33.1 Å². The van der Waals surface area contributed by atoms with Gasteiger partial charge in [-0.1, -0.05) is 12.8 Å². The summed E-state index contributed by atoms with van der Waals surface area (Å²) >= 11 is 0. The Morgan fingerprint density at radius 3 is 2.60 bits per heavy atom. The zero-order chi connectivity index (χ0) is 14.7. The molecule has 0 bridgehead atoms. The van der Waals surface area contributed by atoms with Gasteiger partial charge in [0.25, 0.3) is 5.69 Å². The summed E-state index contributed by atoms with van der Waals surface area (Å²) in [5.74, 6) is 1.36. The molecule has 110 valence electrons. The van der Waals surface area contributed by atoms with E-state index >= 15 is 0 Å². The highest BCUT2D eigenvalue weighted by Crippen LogP contribution is 2.34. The van der Waals surface area contributed by atoms with Gasteiger partial charge in [0.1, 0.15) is 5.75 Å². The second kappa shape index (κ2) is 6.11. The summed E-state index contributed by atoms with van der Waals surface area (Å²) in [6, 6.07) is 5.18. The van der Waals surface area contributed by atoms with E-state index in [1.807, 2.05) is 19.9 Å². The third kappa shape index (κ3) is 4.40. The van der Waals surface area contributed by atoms with E-state index in [9.17, 15) is 10.1 Å². The maximum Gasteiger partial charge on any atom is 0.275 e. The van der Waals surface area contributed by atoms with Crippen LogP contribution in [-0.2, 0) is 0 Å². The van der Waals surface area contributed by atoms with Gasteiger partial charge in [0, 0.05) is 23.9 Å². The Kier molecular flexibility index (Phi) is 4.47. The molecule has 2 rings (SSSR count). The molecule has 0 aromatic heterocycles. The van der Waals surface area contributed by atoms with Crippen molar-refractivity contribution in [2.24, 2.45) is 5.92 Å². The van der Waals surface area contributed by atoms with E-state index in [0.717, 1.165) is 18.0 Å². The van der Waals surface area contributed by atoms with Crippen LogP contribution in [0.25, 0.3) is 0 Å². The fraction of sp³-hybridized carbons (Fsp3) is 0.600.